The largest absolute Gasteiger partial charge is 0.311 e. The highest BCUT2D eigenvalue weighted by Crippen LogP contribution is 2.17. The van der Waals surface area contributed by atoms with E-state index in [0.29, 0.717) is 0 Å². The van der Waals surface area contributed by atoms with Crippen LogP contribution in [0.2, 0.25) is 0 Å². The fourth-order valence-corrected chi connectivity index (χ4v) is 1.19. The SMILES string of the molecule is CC1CC(C(C)C)N1. The zero-order chi connectivity index (χ0) is 6.15. The smallest absolute Gasteiger partial charge is 0.0107 e. The molecule has 2 atom stereocenters. The summed E-state index contributed by atoms with van der Waals surface area (Å²) in [6.45, 7) is 6.77. The molecule has 0 spiro atoms. The zero-order valence-corrected chi connectivity index (χ0v) is 5.94. The van der Waals surface area contributed by atoms with E-state index in [1.807, 2.05) is 0 Å². The third-order valence-corrected chi connectivity index (χ3v) is 1.91. The van der Waals surface area contributed by atoms with E-state index in [0.717, 1.165) is 18.0 Å². The molecule has 1 aliphatic rings. The first-order chi connectivity index (χ1) is 3.70. The maximum atomic E-state index is 3.44. The molecule has 8 heavy (non-hydrogen) atoms. The minimum Gasteiger partial charge on any atom is -0.311 e. The van der Waals surface area contributed by atoms with Gasteiger partial charge in [0, 0.05) is 12.1 Å². The fourth-order valence-electron chi connectivity index (χ4n) is 1.19. The summed E-state index contributed by atoms with van der Waals surface area (Å²) in [5, 5.41) is 3.44. The van der Waals surface area contributed by atoms with E-state index < -0.39 is 0 Å². The molecule has 0 aliphatic carbocycles. The molecule has 2 unspecified atom stereocenters. The average Bonchev–Trinajstić information content (AvgIpc) is 1.57. The standard InChI is InChI=1S/C7H15N/c1-5(2)7-4-6(3)8-7/h5-8H,4H2,1-3H3. The van der Waals surface area contributed by atoms with Gasteiger partial charge in [0.25, 0.3) is 0 Å². The fraction of sp³-hybridized carbons (Fsp3) is 1.00. The summed E-state index contributed by atoms with van der Waals surface area (Å²) in [7, 11) is 0. The lowest BCUT2D eigenvalue weighted by atomic mass is 9.89. The second-order valence-corrected chi connectivity index (χ2v) is 3.15. The predicted molar refractivity (Wildman–Crippen MR) is 35.8 cm³/mol. The van der Waals surface area contributed by atoms with Crippen LogP contribution in [0.1, 0.15) is 27.2 Å². The zero-order valence-electron chi connectivity index (χ0n) is 5.94. The molecule has 1 N–H and O–H groups in total. The molecule has 1 aliphatic heterocycles. The van der Waals surface area contributed by atoms with Crippen LogP contribution in [-0.2, 0) is 0 Å². The summed E-state index contributed by atoms with van der Waals surface area (Å²) >= 11 is 0. The summed E-state index contributed by atoms with van der Waals surface area (Å²) in [5.74, 6) is 0.825. The molecule has 0 aromatic rings. The van der Waals surface area contributed by atoms with Crippen LogP contribution in [0.3, 0.4) is 0 Å². The Hall–Kier alpha value is -0.0400. The Labute approximate surface area is 51.5 Å². The molecule has 1 heteroatoms. The first-order valence-electron chi connectivity index (χ1n) is 3.46. The van der Waals surface area contributed by atoms with Crippen molar-refractivity contribution in [3.8, 4) is 0 Å². The van der Waals surface area contributed by atoms with Crippen LogP contribution >= 0.6 is 0 Å². The summed E-state index contributed by atoms with van der Waals surface area (Å²) in [5.41, 5.74) is 0. The van der Waals surface area contributed by atoms with Crippen LogP contribution in [0.5, 0.6) is 0 Å². The summed E-state index contributed by atoms with van der Waals surface area (Å²) in [4.78, 5) is 0. The maximum absolute atomic E-state index is 3.44. The molecular weight excluding hydrogens is 98.1 g/mol. The Kier molecular flexibility index (Phi) is 1.57. The van der Waals surface area contributed by atoms with E-state index in [2.05, 4.69) is 26.1 Å². The molecular formula is C7H15N. The summed E-state index contributed by atoms with van der Waals surface area (Å²) in [6.07, 6.45) is 1.37. The summed E-state index contributed by atoms with van der Waals surface area (Å²) in [6, 6.07) is 1.59. The molecule has 1 saturated heterocycles. The average molecular weight is 113 g/mol. The Bertz CT molecular complexity index is 72.5. The van der Waals surface area contributed by atoms with Gasteiger partial charge in [0.15, 0.2) is 0 Å². The lowest BCUT2D eigenvalue weighted by Crippen LogP contribution is -2.53. The van der Waals surface area contributed by atoms with Crippen molar-refractivity contribution in [3.05, 3.63) is 0 Å². The number of hydrogen-bond donors (Lipinski definition) is 1. The molecule has 0 bridgehead atoms. The van der Waals surface area contributed by atoms with Gasteiger partial charge in [-0.15, -0.1) is 0 Å². The van der Waals surface area contributed by atoms with E-state index in [1.54, 1.807) is 0 Å². The molecule has 1 heterocycles. The van der Waals surface area contributed by atoms with Crippen LogP contribution in [-0.4, -0.2) is 12.1 Å². The molecule has 48 valence electrons. The van der Waals surface area contributed by atoms with Gasteiger partial charge in [-0.2, -0.15) is 0 Å². The molecule has 0 amide bonds. The van der Waals surface area contributed by atoms with Crippen molar-refractivity contribution in [2.75, 3.05) is 0 Å². The monoisotopic (exact) mass is 113 g/mol. The highest BCUT2D eigenvalue weighted by Gasteiger charge is 2.25. The first-order valence-corrected chi connectivity index (χ1v) is 3.46. The molecule has 1 rings (SSSR count). The van der Waals surface area contributed by atoms with Crippen LogP contribution < -0.4 is 5.32 Å². The van der Waals surface area contributed by atoms with Crippen LogP contribution in [0, 0.1) is 5.92 Å². The normalized spacial score (nSPS) is 37.5. The Morgan fingerprint density at radius 3 is 2.12 bits per heavy atom. The van der Waals surface area contributed by atoms with Gasteiger partial charge in [-0.05, 0) is 19.3 Å². The van der Waals surface area contributed by atoms with E-state index >= 15 is 0 Å². The first kappa shape index (κ1) is 6.09. The maximum Gasteiger partial charge on any atom is 0.0107 e. The van der Waals surface area contributed by atoms with Gasteiger partial charge in [-0.25, -0.2) is 0 Å². The van der Waals surface area contributed by atoms with Gasteiger partial charge < -0.3 is 5.32 Å². The van der Waals surface area contributed by atoms with Crippen molar-refractivity contribution in [2.45, 2.75) is 39.3 Å². The second-order valence-electron chi connectivity index (χ2n) is 3.15. The quantitative estimate of drug-likeness (QED) is 0.542. The van der Waals surface area contributed by atoms with Gasteiger partial charge in [-0.3, -0.25) is 0 Å². The van der Waals surface area contributed by atoms with Crippen molar-refractivity contribution in [2.24, 2.45) is 5.92 Å². The molecule has 0 aromatic carbocycles. The van der Waals surface area contributed by atoms with E-state index in [-0.39, 0.29) is 0 Å². The molecule has 0 aromatic heterocycles. The number of rotatable bonds is 1. The number of nitrogens with one attached hydrogen (secondary N) is 1. The van der Waals surface area contributed by atoms with Gasteiger partial charge in [0.1, 0.15) is 0 Å². The van der Waals surface area contributed by atoms with Crippen molar-refractivity contribution in [3.63, 3.8) is 0 Å². The minimum atomic E-state index is 0.780. The van der Waals surface area contributed by atoms with Gasteiger partial charge in [0.05, 0.1) is 0 Å². The van der Waals surface area contributed by atoms with Crippen LogP contribution in [0.15, 0.2) is 0 Å². The lowest BCUT2D eigenvalue weighted by molar-refractivity contribution is 0.224. The molecule has 1 fully saturated rings. The van der Waals surface area contributed by atoms with Gasteiger partial charge in [0.2, 0.25) is 0 Å². The van der Waals surface area contributed by atoms with Crippen LogP contribution in [0.25, 0.3) is 0 Å². The van der Waals surface area contributed by atoms with E-state index in [1.165, 1.54) is 6.42 Å². The van der Waals surface area contributed by atoms with Crippen molar-refractivity contribution in [1.29, 1.82) is 0 Å². The van der Waals surface area contributed by atoms with E-state index in [4.69, 9.17) is 0 Å². The van der Waals surface area contributed by atoms with Crippen LogP contribution in [0.4, 0.5) is 0 Å². The predicted octanol–water partition coefficient (Wildman–Crippen LogP) is 1.39. The Morgan fingerprint density at radius 1 is 1.50 bits per heavy atom. The van der Waals surface area contributed by atoms with Crippen molar-refractivity contribution >= 4 is 0 Å². The Morgan fingerprint density at radius 2 is 2.00 bits per heavy atom. The minimum absolute atomic E-state index is 0.780. The van der Waals surface area contributed by atoms with Crippen molar-refractivity contribution < 1.29 is 0 Å². The van der Waals surface area contributed by atoms with Crippen molar-refractivity contribution in [1.82, 2.24) is 5.32 Å². The second kappa shape index (κ2) is 2.06. The molecule has 1 nitrogen and oxygen atoms in total. The Balaban J connectivity index is 2.15. The number of hydrogen-bond acceptors (Lipinski definition) is 1. The highest BCUT2D eigenvalue weighted by molar-refractivity contribution is 4.86. The van der Waals surface area contributed by atoms with E-state index in [9.17, 15) is 0 Å². The topological polar surface area (TPSA) is 12.0 Å². The molecule has 0 radical (unpaired) electrons. The molecule has 0 saturated carbocycles. The highest BCUT2D eigenvalue weighted by atomic mass is 15.0. The third-order valence-electron chi connectivity index (χ3n) is 1.91. The third kappa shape index (κ3) is 1.03. The van der Waals surface area contributed by atoms with Gasteiger partial charge in [-0.1, -0.05) is 13.8 Å². The van der Waals surface area contributed by atoms with Gasteiger partial charge >= 0.3 is 0 Å². The lowest BCUT2D eigenvalue weighted by Gasteiger charge is -2.37. The summed E-state index contributed by atoms with van der Waals surface area (Å²) < 4.78 is 0.